The third kappa shape index (κ3) is 14.9. The zero-order valence-electron chi connectivity index (χ0n) is 42.3. The molecule has 7 rings (SSSR count). The molecule has 1 aliphatic carbocycles. The van der Waals surface area contributed by atoms with E-state index in [1.807, 2.05) is 91.9 Å². The average Bonchev–Trinajstić information content (AvgIpc) is 3.39. The van der Waals surface area contributed by atoms with E-state index in [0.29, 0.717) is 65.9 Å². The number of carbonyl (C=O) groups excluding carboxylic acids is 5. The standard InChI is InChI=1S/C58H62N4O12/c1-5-68-51(64)35-72-55-41-16-11-18-43(55)31-45-20-13-21-46(57(45)74-37-53(66)70-7-3)32-44-19-12-17-42(56(44)73-36-52(65)69-6-2)30-40-15-10-14-39(29-41)54(40)71-34-50(63)61-24-8-9-25-62-58(67)47-23-27-60-49(33-47)48-28-38(4)22-26-59-48/h10-23,26-28,33H,5-9,24-25,29-32,34-37H2,1-4H3,(H,61,63)(H,62,67). The van der Waals surface area contributed by atoms with Gasteiger partial charge in [0.1, 0.15) is 23.0 Å². The summed E-state index contributed by atoms with van der Waals surface area (Å²) >= 11 is 0. The molecule has 1 aliphatic rings. The van der Waals surface area contributed by atoms with E-state index in [2.05, 4.69) is 20.6 Å². The highest BCUT2D eigenvalue weighted by Crippen LogP contribution is 2.39. The number of benzene rings is 4. The number of ether oxygens (including phenoxy) is 7. The molecule has 2 heterocycles. The fourth-order valence-corrected chi connectivity index (χ4v) is 8.59. The molecule has 2 N–H and O–H groups in total. The van der Waals surface area contributed by atoms with Crippen LogP contribution in [0.2, 0.25) is 0 Å². The number of esters is 3. The molecule has 6 aromatic rings. The number of para-hydroxylation sites is 4. The van der Waals surface area contributed by atoms with Crippen LogP contribution in [-0.2, 0) is 59.1 Å². The second-order valence-electron chi connectivity index (χ2n) is 17.4. The van der Waals surface area contributed by atoms with Crippen LogP contribution in [0.4, 0.5) is 0 Å². The number of nitrogens with one attached hydrogen (secondary N) is 2. The third-order valence-corrected chi connectivity index (χ3v) is 11.9. The SMILES string of the molecule is CCOC(=O)COc1c2cccc1Cc1cccc(c1OCC(=O)OCC)Cc1cccc(c1OCC(=O)OCC)Cc1cccc(c1OCC(=O)NCCCCNC(=O)c1ccnc(-c3cc(C)ccn3)c1)C2. The molecule has 0 atom stereocenters. The van der Waals surface area contributed by atoms with E-state index in [0.717, 1.165) is 50.1 Å². The highest BCUT2D eigenvalue weighted by Gasteiger charge is 2.24. The zero-order chi connectivity index (χ0) is 52.2. The normalized spacial score (nSPS) is 11.6. The summed E-state index contributed by atoms with van der Waals surface area (Å²) in [5.41, 5.74) is 8.68. The second-order valence-corrected chi connectivity index (χ2v) is 17.4. The minimum atomic E-state index is -0.532. The fourth-order valence-electron chi connectivity index (χ4n) is 8.59. The first kappa shape index (κ1) is 53.5. The largest absolute Gasteiger partial charge is 0.483 e. The first-order valence-corrected chi connectivity index (χ1v) is 24.9. The summed E-state index contributed by atoms with van der Waals surface area (Å²) in [6, 6.07) is 30.1. The van der Waals surface area contributed by atoms with E-state index in [4.69, 9.17) is 33.2 Å². The number of aromatic nitrogens is 2. The van der Waals surface area contributed by atoms with Gasteiger partial charge >= 0.3 is 17.9 Å². The molecule has 74 heavy (non-hydrogen) atoms. The molecule has 0 fully saturated rings. The Morgan fingerprint density at radius 2 is 0.811 bits per heavy atom. The fraction of sp³-hybridized carbons (Fsp3) is 0.328. The zero-order valence-corrected chi connectivity index (χ0v) is 42.3. The van der Waals surface area contributed by atoms with E-state index >= 15 is 0 Å². The van der Waals surface area contributed by atoms with Crippen molar-refractivity contribution in [3.63, 3.8) is 0 Å². The summed E-state index contributed by atoms with van der Waals surface area (Å²) in [6.45, 7) is 7.13. The predicted octanol–water partition coefficient (Wildman–Crippen LogP) is 7.66. The Balaban J connectivity index is 1.15. The summed E-state index contributed by atoms with van der Waals surface area (Å²) in [4.78, 5) is 73.6. The lowest BCUT2D eigenvalue weighted by atomic mass is 9.91. The molecule has 4 aromatic carbocycles. The maximum Gasteiger partial charge on any atom is 0.344 e. The first-order chi connectivity index (χ1) is 36.0. The van der Waals surface area contributed by atoms with Crippen molar-refractivity contribution in [3.05, 3.63) is 165 Å². The Kier molecular flexibility index (Phi) is 19.5. The Hall–Kier alpha value is -8.27. The lowest BCUT2D eigenvalue weighted by molar-refractivity contribution is -0.146. The smallest absolute Gasteiger partial charge is 0.344 e. The van der Waals surface area contributed by atoms with Gasteiger partial charge in [-0.1, -0.05) is 72.8 Å². The van der Waals surface area contributed by atoms with Crippen LogP contribution in [0.5, 0.6) is 23.0 Å². The molecule has 8 bridgehead atoms. The van der Waals surface area contributed by atoms with Crippen LogP contribution in [-0.4, -0.2) is 99.0 Å². The van der Waals surface area contributed by atoms with E-state index < -0.39 is 17.9 Å². The third-order valence-electron chi connectivity index (χ3n) is 11.9. The number of pyridine rings is 2. The molecule has 0 spiro atoms. The molecule has 0 aliphatic heterocycles. The quantitative estimate of drug-likeness (QED) is 0.0381. The molecule has 0 saturated heterocycles. The predicted molar refractivity (Wildman–Crippen MR) is 276 cm³/mol. The van der Waals surface area contributed by atoms with Gasteiger partial charge in [-0.3, -0.25) is 19.6 Å². The van der Waals surface area contributed by atoms with Crippen molar-refractivity contribution in [2.24, 2.45) is 0 Å². The van der Waals surface area contributed by atoms with Gasteiger partial charge in [0.15, 0.2) is 26.4 Å². The Morgan fingerprint density at radius 1 is 0.459 bits per heavy atom. The van der Waals surface area contributed by atoms with Gasteiger partial charge in [0.25, 0.3) is 11.8 Å². The number of nitrogens with zero attached hydrogens (tertiary/aromatic N) is 2. The molecule has 0 saturated carbocycles. The van der Waals surface area contributed by atoms with Gasteiger partial charge < -0.3 is 43.8 Å². The molecule has 386 valence electrons. The van der Waals surface area contributed by atoms with Crippen LogP contribution < -0.4 is 29.6 Å². The first-order valence-electron chi connectivity index (χ1n) is 24.9. The van der Waals surface area contributed by atoms with Gasteiger partial charge in [-0.05, 0) is 115 Å². The number of unbranched alkanes of at least 4 members (excludes halogenated alkanes) is 1. The summed E-state index contributed by atoms with van der Waals surface area (Å²) < 4.78 is 41.3. The molecule has 16 heteroatoms. The van der Waals surface area contributed by atoms with Crippen LogP contribution in [0.1, 0.15) is 94.0 Å². The van der Waals surface area contributed by atoms with Gasteiger partial charge in [-0.25, -0.2) is 14.4 Å². The number of aryl methyl sites for hydroxylation is 1. The van der Waals surface area contributed by atoms with Crippen molar-refractivity contribution < 1.29 is 57.1 Å². The number of fused-ring (bicyclic) bond motifs is 8. The number of hydrogen-bond acceptors (Lipinski definition) is 14. The van der Waals surface area contributed by atoms with Gasteiger partial charge in [0.2, 0.25) is 0 Å². The van der Waals surface area contributed by atoms with E-state index in [-0.39, 0.29) is 83.7 Å². The molecular formula is C58H62N4O12. The van der Waals surface area contributed by atoms with Crippen molar-refractivity contribution in [2.75, 3.05) is 59.3 Å². The van der Waals surface area contributed by atoms with Gasteiger partial charge in [0, 0.05) is 56.7 Å². The number of amides is 2. The lowest BCUT2D eigenvalue weighted by Crippen LogP contribution is -2.31. The lowest BCUT2D eigenvalue weighted by Gasteiger charge is -2.22. The van der Waals surface area contributed by atoms with E-state index in [1.165, 1.54) is 0 Å². The second kappa shape index (κ2) is 27.0. The van der Waals surface area contributed by atoms with Crippen LogP contribution in [0.3, 0.4) is 0 Å². The molecule has 0 unspecified atom stereocenters. The molecule has 2 amide bonds. The van der Waals surface area contributed by atoms with Gasteiger partial charge in [-0.2, -0.15) is 0 Å². The Morgan fingerprint density at radius 3 is 1.19 bits per heavy atom. The summed E-state index contributed by atoms with van der Waals surface area (Å²) in [5.74, 6) is -0.299. The minimum Gasteiger partial charge on any atom is -0.483 e. The van der Waals surface area contributed by atoms with Crippen molar-refractivity contribution in [1.29, 1.82) is 0 Å². The molecule has 2 aromatic heterocycles. The van der Waals surface area contributed by atoms with Crippen molar-refractivity contribution in [3.8, 4) is 34.4 Å². The average molecular weight is 1010 g/mol. The number of carbonyl (C=O) groups is 5. The maximum absolute atomic E-state index is 13.5. The monoisotopic (exact) mass is 1010 g/mol. The van der Waals surface area contributed by atoms with Gasteiger partial charge in [-0.15, -0.1) is 0 Å². The summed E-state index contributed by atoms with van der Waals surface area (Å²) in [5, 5.41) is 5.90. The summed E-state index contributed by atoms with van der Waals surface area (Å²) in [6.07, 6.45) is 5.60. The molecule has 16 nitrogen and oxygen atoms in total. The summed E-state index contributed by atoms with van der Waals surface area (Å²) in [7, 11) is 0. The van der Waals surface area contributed by atoms with E-state index in [9.17, 15) is 24.0 Å². The topological polar surface area (TPSA) is 200 Å². The van der Waals surface area contributed by atoms with Crippen LogP contribution in [0.15, 0.2) is 109 Å². The van der Waals surface area contributed by atoms with Crippen LogP contribution in [0.25, 0.3) is 11.4 Å². The maximum atomic E-state index is 13.5. The van der Waals surface area contributed by atoms with Crippen molar-refractivity contribution in [2.45, 2.75) is 66.2 Å². The highest BCUT2D eigenvalue weighted by molar-refractivity contribution is 5.95. The Bertz CT molecular complexity index is 2830. The van der Waals surface area contributed by atoms with Crippen LogP contribution >= 0.6 is 0 Å². The minimum absolute atomic E-state index is 0.184. The van der Waals surface area contributed by atoms with Gasteiger partial charge in [0.05, 0.1) is 31.2 Å². The van der Waals surface area contributed by atoms with Crippen molar-refractivity contribution in [1.82, 2.24) is 20.6 Å². The van der Waals surface area contributed by atoms with E-state index in [1.54, 1.807) is 45.3 Å². The van der Waals surface area contributed by atoms with Crippen molar-refractivity contribution >= 4 is 29.7 Å². The number of rotatable bonds is 22. The molecular weight excluding hydrogens is 945 g/mol. The Labute approximate surface area is 431 Å². The van der Waals surface area contributed by atoms with Crippen LogP contribution in [0, 0.1) is 6.92 Å². The molecule has 0 radical (unpaired) electrons. The number of hydrogen-bond donors (Lipinski definition) is 2. The highest BCUT2D eigenvalue weighted by atomic mass is 16.6.